The Kier molecular flexibility index (Phi) is 6.43. The second-order valence-corrected chi connectivity index (χ2v) is 8.16. The molecule has 7 nitrogen and oxygen atoms in total. The Labute approximate surface area is 198 Å². The smallest absolute Gasteiger partial charge is 0.295 e. The van der Waals surface area contributed by atoms with Crippen molar-refractivity contribution in [1.82, 2.24) is 4.90 Å². The van der Waals surface area contributed by atoms with Crippen molar-refractivity contribution in [2.24, 2.45) is 0 Å². The van der Waals surface area contributed by atoms with Crippen molar-refractivity contribution in [3.8, 4) is 0 Å². The Hall–Kier alpha value is -4.04. The normalized spacial score (nSPS) is 17.2. The Balaban J connectivity index is 1.78. The molecule has 0 spiro atoms. The van der Waals surface area contributed by atoms with Crippen molar-refractivity contribution in [1.29, 1.82) is 0 Å². The van der Waals surface area contributed by atoms with Gasteiger partial charge >= 0.3 is 0 Å². The maximum absolute atomic E-state index is 13.6. The number of Topliss-reactive ketones (excluding diaryl/α,β-unsaturated/α-hetero) is 1. The molecule has 172 valence electrons. The topological polar surface area (TPSA) is 101 Å². The summed E-state index contributed by atoms with van der Waals surface area (Å²) in [6, 6.07) is 16.4. The van der Waals surface area contributed by atoms with Gasteiger partial charge in [0.15, 0.2) is 0 Å². The van der Waals surface area contributed by atoms with E-state index in [1.54, 1.807) is 24.3 Å². The van der Waals surface area contributed by atoms with Crippen LogP contribution in [0, 0.1) is 15.9 Å². The van der Waals surface area contributed by atoms with Gasteiger partial charge in [-0.3, -0.25) is 19.7 Å². The zero-order chi connectivity index (χ0) is 24.4. The van der Waals surface area contributed by atoms with Crippen LogP contribution in [0.4, 0.5) is 10.1 Å². The van der Waals surface area contributed by atoms with Crippen LogP contribution in [0.3, 0.4) is 0 Å². The van der Waals surface area contributed by atoms with Gasteiger partial charge in [0.05, 0.1) is 16.5 Å². The van der Waals surface area contributed by atoms with Gasteiger partial charge in [-0.2, -0.15) is 0 Å². The minimum atomic E-state index is -0.993. The zero-order valence-corrected chi connectivity index (χ0v) is 18.4. The average Bonchev–Trinajstić information content (AvgIpc) is 3.08. The first-order chi connectivity index (χ1) is 16.3. The second kappa shape index (κ2) is 9.44. The van der Waals surface area contributed by atoms with Gasteiger partial charge in [0.1, 0.15) is 11.6 Å². The lowest BCUT2D eigenvalue weighted by Gasteiger charge is -2.25. The second-order valence-electron chi connectivity index (χ2n) is 7.73. The number of ketones is 1. The van der Waals surface area contributed by atoms with Gasteiger partial charge in [-0.1, -0.05) is 48.0 Å². The van der Waals surface area contributed by atoms with Crippen LogP contribution in [-0.4, -0.2) is 33.2 Å². The molecule has 3 aromatic rings. The first-order valence-electron chi connectivity index (χ1n) is 10.3. The number of nitro benzene ring substituents is 1. The molecular weight excluding hydrogens is 463 g/mol. The summed E-state index contributed by atoms with van der Waals surface area (Å²) in [4.78, 5) is 37.8. The fourth-order valence-electron chi connectivity index (χ4n) is 3.93. The van der Waals surface area contributed by atoms with Crippen LogP contribution in [-0.2, 0) is 16.0 Å². The van der Waals surface area contributed by atoms with Crippen LogP contribution in [0.2, 0.25) is 5.02 Å². The van der Waals surface area contributed by atoms with E-state index in [2.05, 4.69) is 0 Å². The molecule has 1 atom stereocenters. The molecule has 1 unspecified atom stereocenters. The van der Waals surface area contributed by atoms with E-state index in [0.717, 1.165) is 11.6 Å². The number of carbonyl (C=O) groups excluding carboxylic acids is 2. The van der Waals surface area contributed by atoms with Crippen LogP contribution in [0.1, 0.15) is 22.7 Å². The highest BCUT2D eigenvalue weighted by Crippen LogP contribution is 2.39. The molecule has 1 heterocycles. The summed E-state index contributed by atoms with van der Waals surface area (Å²) in [5.41, 5.74) is 0.830. The van der Waals surface area contributed by atoms with E-state index in [9.17, 15) is 29.2 Å². The Morgan fingerprint density at radius 3 is 2.38 bits per heavy atom. The van der Waals surface area contributed by atoms with Crippen molar-refractivity contribution < 1.29 is 24.0 Å². The fourth-order valence-corrected chi connectivity index (χ4v) is 4.05. The number of hydrogen-bond acceptors (Lipinski definition) is 5. The summed E-state index contributed by atoms with van der Waals surface area (Å²) >= 11 is 5.92. The van der Waals surface area contributed by atoms with E-state index >= 15 is 0 Å². The SMILES string of the molecule is O=C1C(=O)N(CCc2ccc(Cl)cc2)C(c2ccc(F)cc2)/C1=C(/O)c1cccc([N+](=O)[O-])c1. The molecule has 1 aliphatic heterocycles. The number of nitro groups is 1. The summed E-state index contributed by atoms with van der Waals surface area (Å²) in [6.45, 7) is 0.139. The minimum absolute atomic E-state index is 0.0250. The number of benzene rings is 3. The molecule has 1 fully saturated rings. The van der Waals surface area contributed by atoms with Gasteiger partial charge in [0.25, 0.3) is 17.4 Å². The third kappa shape index (κ3) is 4.53. The van der Waals surface area contributed by atoms with Crippen LogP contribution < -0.4 is 0 Å². The standard InChI is InChI=1S/C25H18ClFN2O5/c26-18-8-4-15(5-9-18)12-13-28-22(16-6-10-19(27)11-7-16)21(24(31)25(28)32)23(30)17-2-1-3-20(14-17)29(33)34/h1-11,14,22,30H,12-13H2/b23-21-. The van der Waals surface area contributed by atoms with Gasteiger partial charge in [0.2, 0.25) is 0 Å². The quantitative estimate of drug-likeness (QED) is 0.175. The molecule has 1 saturated heterocycles. The molecular formula is C25H18ClFN2O5. The van der Waals surface area contributed by atoms with Crippen molar-refractivity contribution in [2.75, 3.05) is 6.54 Å². The summed E-state index contributed by atoms with van der Waals surface area (Å²) < 4.78 is 13.6. The predicted octanol–water partition coefficient (Wildman–Crippen LogP) is 5.05. The molecule has 0 radical (unpaired) electrons. The number of carbonyl (C=O) groups is 2. The Morgan fingerprint density at radius 2 is 1.74 bits per heavy atom. The maximum Gasteiger partial charge on any atom is 0.295 e. The number of hydrogen-bond donors (Lipinski definition) is 1. The summed E-state index contributed by atoms with van der Waals surface area (Å²) in [7, 11) is 0. The molecule has 1 N–H and O–H groups in total. The van der Waals surface area contributed by atoms with Gasteiger partial charge in [0, 0.05) is 29.3 Å². The number of non-ortho nitro benzene ring substituents is 1. The van der Waals surface area contributed by atoms with E-state index < -0.39 is 34.2 Å². The molecule has 0 saturated carbocycles. The maximum atomic E-state index is 13.6. The highest BCUT2D eigenvalue weighted by atomic mass is 35.5. The van der Waals surface area contributed by atoms with E-state index in [4.69, 9.17) is 11.6 Å². The summed E-state index contributed by atoms with van der Waals surface area (Å²) in [5, 5.41) is 22.7. The highest BCUT2D eigenvalue weighted by molar-refractivity contribution is 6.46. The number of rotatable bonds is 6. The third-order valence-electron chi connectivity index (χ3n) is 5.61. The van der Waals surface area contributed by atoms with Crippen LogP contribution in [0.15, 0.2) is 78.4 Å². The third-order valence-corrected chi connectivity index (χ3v) is 5.86. The first-order valence-corrected chi connectivity index (χ1v) is 10.7. The van der Waals surface area contributed by atoms with Gasteiger partial charge in [-0.25, -0.2) is 4.39 Å². The van der Waals surface area contributed by atoms with Crippen LogP contribution in [0.5, 0.6) is 0 Å². The summed E-state index contributed by atoms with van der Waals surface area (Å²) in [6.07, 6.45) is 0.402. The lowest BCUT2D eigenvalue weighted by molar-refractivity contribution is -0.384. The van der Waals surface area contributed by atoms with E-state index in [1.165, 1.54) is 47.4 Å². The predicted molar refractivity (Wildman–Crippen MR) is 124 cm³/mol. The molecule has 3 aromatic carbocycles. The summed E-state index contributed by atoms with van der Waals surface area (Å²) in [5.74, 6) is -2.78. The van der Waals surface area contributed by atoms with Crippen molar-refractivity contribution in [3.05, 3.63) is 116 Å². The number of halogens is 2. The van der Waals surface area contributed by atoms with Crippen LogP contribution in [0.25, 0.3) is 5.76 Å². The van der Waals surface area contributed by atoms with Crippen molar-refractivity contribution >= 4 is 34.7 Å². The lowest BCUT2D eigenvalue weighted by atomic mass is 9.95. The molecule has 1 amide bonds. The Morgan fingerprint density at radius 1 is 1.06 bits per heavy atom. The fraction of sp³-hybridized carbons (Fsp3) is 0.120. The zero-order valence-electron chi connectivity index (χ0n) is 17.7. The number of aliphatic hydroxyl groups excluding tert-OH is 1. The molecule has 4 rings (SSSR count). The largest absolute Gasteiger partial charge is 0.507 e. The molecule has 0 aliphatic carbocycles. The molecule has 34 heavy (non-hydrogen) atoms. The molecule has 1 aliphatic rings. The number of likely N-dealkylation sites (tertiary alicyclic amines) is 1. The van der Waals surface area contributed by atoms with Crippen LogP contribution >= 0.6 is 11.6 Å². The van der Waals surface area contributed by atoms with Gasteiger partial charge in [-0.15, -0.1) is 0 Å². The first kappa shape index (κ1) is 23.1. The number of aliphatic hydroxyl groups is 1. The molecule has 0 bridgehead atoms. The van der Waals surface area contributed by atoms with E-state index in [1.807, 2.05) is 0 Å². The van der Waals surface area contributed by atoms with Crippen molar-refractivity contribution in [3.63, 3.8) is 0 Å². The lowest BCUT2D eigenvalue weighted by Crippen LogP contribution is -2.31. The average molecular weight is 481 g/mol. The van der Waals surface area contributed by atoms with Crippen molar-refractivity contribution in [2.45, 2.75) is 12.5 Å². The number of amides is 1. The molecule has 9 heteroatoms. The monoisotopic (exact) mass is 480 g/mol. The minimum Gasteiger partial charge on any atom is -0.507 e. The van der Waals surface area contributed by atoms with E-state index in [0.29, 0.717) is 17.0 Å². The van der Waals surface area contributed by atoms with E-state index in [-0.39, 0.29) is 23.4 Å². The Bertz CT molecular complexity index is 1310. The van der Waals surface area contributed by atoms with Gasteiger partial charge < -0.3 is 10.0 Å². The number of nitrogens with zero attached hydrogens (tertiary/aromatic N) is 2. The highest BCUT2D eigenvalue weighted by Gasteiger charge is 2.45. The van der Waals surface area contributed by atoms with Gasteiger partial charge in [-0.05, 0) is 41.8 Å². The molecule has 0 aromatic heterocycles.